The lowest BCUT2D eigenvalue weighted by atomic mass is 9.92. The minimum Gasteiger partial charge on any atom is -0.260 e. The molecule has 1 aromatic heterocycles. The summed E-state index contributed by atoms with van der Waals surface area (Å²) in [5.41, 5.74) is 8.92. The quantitative estimate of drug-likeness (QED) is 0.662. The Balaban J connectivity index is 2.49. The van der Waals surface area contributed by atoms with Gasteiger partial charge in [-0.15, -0.1) is 0 Å². The molecule has 0 fully saturated rings. The zero-order chi connectivity index (χ0) is 18.1. The number of aromatic nitrogens is 2. The maximum atomic E-state index is 4.94. The average Bonchev–Trinajstić information content (AvgIpc) is 2.87. The maximum absolute atomic E-state index is 4.94. The Kier molecular flexibility index (Phi) is 5.37. The fourth-order valence-electron chi connectivity index (χ4n) is 3.23. The van der Waals surface area contributed by atoms with Crippen LogP contribution in [0.4, 0.5) is 0 Å². The predicted octanol–water partition coefficient (Wildman–Crippen LogP) is 5.97. The van der Waals surface area contributed by atoms with Gasteiger partial charge in [-0.2, -0.15) is 5.10 Å². The molecular weight excluding hydrogens is 292 g/mol. The van der Waals surface area contributed by atoms with Crippen LogP contribution in [0.3, 0.4) is 0 Å². The number of benzene rings is 1. The van der Waals surface area contributed by atoms with Crippen molar-refractivity contribution < 1.29 is 0 Å². The highest BCUT2D eigenvalue weighted by molar-refractivity contribution is 5.61. The van der Waals surface area contributed by atoms with Crippen molar-refractivity contribution >= 4 is 5.57 Å². The van der Waals surface area contributed by atoms with Crippen molar-refractivity contribution in [1.82, 2.24) is 9.78 Å². The lowest BCUT2D eigenvalue weighted by molar-refractivity contribution is 0.543. The van der Waals surface area contributed by atoms with Gasteiger partial charge >= 0.3 is 0 Å². The van der Waals surface area contributed by atoms with E-state index < -0.39 is 0 Å². The Morgan fingerprint density at radius 1 is 1.08 bits per heavy atom. The van der Waals surface area contributed by atoms with Crippen molar-refractivity contribution in [2.24, 2.45) is 0 Å². The topological polar surface area (TPSA) is 17.8 Å². The van der Waals surface area contributed by atoms with E-state index in [2.05, 4.69) is 77.9 Å². The third-order valence-electron chi connectivity index (χ3n) is 4.61. The summed E-state index contributed by atoms with van der Waals surface area (Å²) in [6.07, 6.45) is 2.12. The molecule has 2 rings (SSSR count). The summed E-state index contributed by atoms with van der Waals surface area (Å²) in [4.78, 5) is 0. The maximum Gasteiger partial charge on any atom is 0.0684 e. The first kappa shape index (κ1) is 18.5. The van der Waals surface area contributed by atoms with E-state index in [4.69, 9.17) is 5.10 Å². The van der Waals surface area contributed by atoms with Gasteiger partial charge < -0.3 is 0 Å². The van der Waals surface area contributed by atoms with Crippen LogP contribution < -0.4 is 0 Å². The number of rotatable bonds is 5. The van der Waals surface area contributed by atoms with E-state index in [0.29, 0.717) is 0 Å². The van der Waals surface area contributed by atoms with Crippen LogP contribution in [0, 0.1) is 20.8 Å². The molecule has 24 heavy (non-hydrogen) atoms. The first-order valence-corrected chi connectivity index (χ1v) is 8.96. The number of allylic oxidation sites excluding steroid dienone is 1. The smallest absolute Gasteiger partial charge is 0.0684 e. The molecular formula is C22H32N2. The molecule has 0 saturated carbocycles. The molecule has 2 heteroatoms. The van der Waals surface area contributed by atoms with E-state index in [9.17, 15) is 0 Å². The number of hydrogen-bond donors (Lipinski definition) is 0. The molecule has 0 N–H and O–H groups in total. The molecule has 0 radical (unpaired) electrons. The Labute approximate surface area is 147 Å². The van der Waals surface area contributed by atoms with E-state index in [0.717, 1.165) is 25.1 Å². The number of aryl methyl sites for hydroxylation is 3. The first-order chi connectivity index (χ1) is 11.1. The predicted molar refractivity (Wildman–Crippen MR) is 105 cm³/mol. The molecule has 0 aliphatic rings. The zero-order valence-electron chi connectivity index (χ0n) is 16.5. The van der Waals surface area contributed by atoms with Crippen LogP contribution in [0.25, 0.3) is 5.57 Å². The van der Waals surface area contributed by atoms with Gasteiger partial charge in [0.2, 0.25) is 0 Å². The van der Waals surface area contributed by atoms with E-state index in [1.807, 2.05) is 0 Å². The summed E-state index contributed by atoms with van der Waals surface area (Å²) in [6, 6.07) is 6.75. The number of nitrogens with zero attached hydrogens (tertiary/aromatic N) is 2. The minimum absolute atomic E-state index is 0.0455. The highest BCUT2D eigenvalue weighted by Crippen LogP contribution is 2.28. The lowest BCUT2D eigenvalue weighted by Gasteiger charge is -2.15. The van der Waals surface area contributed by atoms with Gasteiger partial charge in [-0.05, 0) is 55.5 Å². The summed E-state index contributed by atoms with van der Waals surface area (Å²) in [5, 5.41) is 4.94. The summed E-state index contributed by atoms with van der Waals surface area (Å²) in [6.45, 7) is 20.5. The van der Waals surface area contributed by atoms with Gasteiger partial charge in [-0.3, -0.25) is 4.68 Å². The second kappa shape index (κ2) is 6.96. The molecule has 2 aromatic rings. The Hall–Kier alpha value is -1.83. The first-order valence-electron chi connectivity index (χ1n) is 8.96. The highest BCUT2D eigenvalue weighted by atomic mass is 15.3. The van der Waals surface area contributed by atoms with E-state index in [-0.39, 0.29) is 5.41 Å². The summed E-state index contributed by atoms with van der Waals surface area (Å²) >= 11 is 0. The van der Waals surface area contributed by atoms with Crippen molar-refractivity contribution in [2.75, 3.05) is 0 Å². The van der Waals surface area contributed by atoms with Gasteiger partial charge in [0.05, 0.1) is 17.9 Å². The molecule has 0 spiro atoms. The van der Waals surface area contributed by atoms with Gasteiger partial charge in [-0.1, -0.05) is 58.4 Å². The lowest BCUT2D eigenvalue weighted by Crippen LogP contribution is -2.14. The molecule has 0 bridgehead atoms. The van der Waals surface area contributed by atoms with Gasteiger partial charge in [0.25, 0.3) is 0 Å². The van der Waals surface area contributed by atoms with Gasteiger partial charge in [0.15, 0.2) is 0 Å². The summed E-state index contributed by atoms with van der Waals surface area (Å²) in [7, 11) is 0. The monoisotopic (exact) mass is 324 g/mol. The average molecular weight is 325 g/mol. The fourth-order valence-corrected chi connectivity index (χ4v) is 3.23. The summed E-state index contributed by atoms with van der Waals surface area (Å²) in [5.74, 6) is 0. The van der Waals surface area contributed by atoms with E-state index >= 15 is 0 Å². The van der Waals surface area contributed by atoms with Crippen LogP contribution in [-0.4, -0.2) is 9.78 Å². The molecule has 1 aromatic carbocycles. The van der Waals surface area contributed by atoms with Crippen molar-refractivity contribution in [3.8, 4) is 0 Å². The van der Waals surface area contributed by atoms with Crippen molar-refractivity contribution in [2.45, 2.75) is 73.3 Å². The fraction of sp³-hybridized carbons (Fsp3) is 0.500. The van der Waals surface area contributed by atoms with E-state index in [1.54, 1.807) is 0 Å². The Morgan fingerprint density at radius 3 is 2.17 bits per heavy atom. The minimum atomic E-state index is 0.0455. The number of hydrogen-bond acceptors (Lipinski definition) is 1. The van der Waals surface area contributed by atoms with Gasteiger partial charge in [-0.25, -0.2) is 0 Å². The molecule has 0 aliphatic heterocycles. The van der Waals surface area contributed by atoms with Crippen LogP contribution in [0.5, 0.6) is 0 Å². The van der Waals surface area contributed by atoms with Crippen LogP contribution in [0.2, 0.25) is 0 Å². The van der Waals surface area contributed by atoms with Crippen molar-refractivity contribution in [3.63, 3.8) is 0 Å². The molecule has 0 amide bonds. The third-order valence-corrected chi connectivity index (χ3v) is 4.61. The van der Waals surface area contributed by atoms with Crippen LogP contribution >= 0.6 is 0 Å². The van der Waals surface area contributed by atoms with Crippen LogP contribution in [-0.2, 0) is 12.0 Å². The normalized spacial score (nSPS) is 11.8. The Morgan fingerprint density at radius 2 is 1.67 bits per heavy atom. The molecule has 0 atom stereocenters. The SMILES string of the molecule is C=C(CCC)c1cc(C(C)(C)C)nn1Cc1c(C)cc(C)cc1C. The zero-order valence-corrected chi connectivity index (χ0v) is 16.5. The molecule has 0 aliphatic carbocycles. The van der Waals surface area contributed by atoms with Crippen molar-refractivity contribution in [3.05, 3.63) is 58.4 Å². The van der Waals surface area contributed by atoms with Crippen LogP contribution in [0.15, 0.2) is 24.8 Å². The standard InChI is InChI=1S/C22H32N2/c1-9-10-16(3)20-13-21(22(6,7)8)23-24(20)14-19-17(4)11-15(2)12-18(19)5/h11-13H,3,9-10,14H2,1-2,4-8H3. The second-order valence-electron chi connectivity index (χ2n) is 8.05. The van der Waals surface area contributed by atoms with Crippen LogP contribution in [0.1, 0.15) is 74.2 Å². The highest BCUT2D eigenvalue weighted by Gasteiger charge is 2.21. The van der Waals surface area contributed by atoms with E-state index in [1.165, 1.54) is 33.5 Å². The molecule has 2 nitrogen and oxygen atoms in total. The molecule has 0 saturated heterocycles. The Bertz CT molecular complexity index is 719. The summed E-state index contributed by atoms with van der Waals surface area (Å²) < 4.78 is 2.16. The molecule has 0 unspecified atom stereocenters. The largest absolute Gasteiger partial charge is 0.260 e. The second-order valence-corrected chi connectivity index (χ2v) is 8.05. The van der Waals surface area contributed by atoms with Gasteiger partial charge in [0, 0.05) is 5.41 Å². The molecule has 1 heterocycles. The third kappa shape index (κ3) is 3.98. The van der Waals surface area contributed by atoms with Gasteiger partial charge in [0.1, 0.15) is 0 Å². The molecule has 130 valence electrons. The van der Waals surface area contributed by atoms with Crippen molar-refractivity contribution in [1.29, 1.82) is 0 Å².